The Balaban J connectivity index is 2.07. The molecule has 0 unspecified atom stereocenters. The number of hydrogen-bond acceptors (Lipinski definition) is 4. The second-order valence-corrected chi connectivity index (χ2v) is 5.63. The van der Waals surface area contributed by atoms with Gasteiger partial charge >= 0.3 is 6.18 Å². The SMILES string of the molecule is COc1ccc(OCC(=O)Nc2ccc(N(C)C)cc2C(F)(F)F)cc1. The quantitative estimate of drug-likeness (QED) is 0.843. The number of methoxy groups -OCH3 is 1. The van der Waals surface area contributed by atoms with Crippen LogP contribution in [0.1, 0.15) is 5.56 Å². The molecule has 0 saturated heterocycles. The Hall–Kier alpha value is -2.90. The van der Waals surface area contributed by atoms with Gasteiger partial charge in [-0.3, -0.25) is 4.79 Å². The first-order chi connectivity index (χ1) is 12.2. The molecular weight excluding hydrogens is 349 g/mol. The van der Waals surface area contributed by atoms with E-state index < -0.39 is 24.3 Å². The van der Waals surface area contributed by atoms with Crippen LogP contribution in [0.25, 0.3) is 0 Å². The van der Waals surface area contributed by atoms with Crippen LogP contribution >= 0.6 is 0 Å². The maximum absolute atomic E-state index is 13.3. The number of carbonyl (C=O) groups is 1. The number of nitrogens with zero attached hydrogens (tertiary/aromatic N) is 1. The summed E-state index contributed by atoms with van der Waals surface area (Å²) in [5.41, 5.74) is -0.849. The number of amides is 1. The highest BCUT2D eigenvalue weighted by molar-refractivity contribution is 5.93. The lowest BCUT2D eigenvalue weighted by Gasteiger charge is -2.18. The van der Waals surface area contributed by atoms with Crippen molar-refractivity contribution in [2.75, 3.05) is 38.0 Å². The average molecular weight is 368 g/mol. The minimum atomic E-state index is -4.59. The van der Waals surface area contributed by atoms with Crippen LogP contribution in [-0.2, 0) is 11.0 Å². The van der Waals surface area contributed by atoms with Gasteiger partial charge in [-0.1, -0.05) is 0 Å². The summed E-state index contributed by atoms with van der Waals surface area (Å²) in [6.07, 6.45) is -4.59. The number of rotatable bonds is 6. The molecule has 0 aliphatic rings. The highest BCUT2D eigenvalue weighted by Crippen LogP contribution is 2.37. The average Bonchev–Trinajstić information content (AvgIpc) is 2.59. The van der Waals surface area contributed by atoms with E-state index in [2.05, 4.69) is 5.32 Å². The summed E-state index contributed by atoms with van der Waals surface area (Å²) in [4.78, 5) is 13.5. The molecule has 26 heavy (non-hydrogen) atoms. The van der Waals surface area contributed by atoms with Crippen molar-refractivity contribution in [3.8, 4) is 11.5 Å². The van der Waals surface area contributed by atoms with Crippen molar-refractivity contribution in [1.82, 2.24) is 0 Å². The van der Waals surface area contributed by atoms with Gasteiger partial charge in [-0.2, -0.15) is 13.2 Å². The number of hydrogen-bond donors (Lipinski definition) is 1. The zero-order valence-corrected chi connectivity index (χ0v) is 14.6. The second kappa shape index (κ2) is 7.99. The standard InChI is InChI=1S/C18H19F3N2O3/c1-23(2)12-4-9-16(15(10-12)18(19,20)21)22-17(24)11-26-14-7-5-13(25-3)6-8-14/h4-10H,11H2,1-3H3,(H,22,24). The van der Waals surface area contributed by atoms with Crippen molar-refractivity contribution >= 4 is 17.3 Å². The molecule has 8 heteroatoms. The molecule has 2 aromatic rings. The minimum absolute atomic E-state index is 0.313. The third kappa shape index (κ3) is 5.05. The molecule has 0 radical (unpaired) electrons. The van der Waals surface area contributed by atoms with E-state index in [0.29, 0.717) is 17.2 Å². The van der Waals surface area contributed by atoms with E-state index in [4.69, 9.17) is 9.47 Å². The summed E-state index contributed by atoms with van der Waals surface area (Å²) in [6.45, 7) is -0.418. The Morgan fingerprint density at radius 1 is 1.08 bits per heavy atom. The van der Waals surface area contributed by atoms with Gasteiger partial charge in [0.2, 0.25) is 0 Å². The summed E-state index contributed by atoms with van der Waals surface area (Å²) in [5, 5.41) is 2.25. The number of nitrogens with one attached hydrogen (secondary N) is 1. The lowest BCUT2D eigenvalue weighted by atomic mass is 10.1. The summed E-state index contributed by atoms with van der Waals surface area (Å²) < 4.78 is 50.0. The highest BCUT2D eigenvalue weighted by atomic mass is 19.4. The van der Waals surface area contributed by atoms with Gasteiger partial charge in [0.15, 0.2) is 6.61 Å². The number of benzene rings is 2. The minimum Gasteiger partial charge on any atom is -0.497 e. The van der Waals surface area contributed by atoms with Gasteiger partial charge in [0.25, 0.3) is 5.91 Å². The number of carbonyl (C=O) groups excluding carboxylic acids is 1. The second-order valence-electron chi connectivity index (χ2n) is 5.63. The molecular formula is C18H19F3N2O3. The molecule has 5 nitrogen and oxygen atoms in total. The van der Waals surface area contributed by atoms with Crippen molar-refractivity contribution in [2.24, 2.45) is 0 Å². The van der Waals surface area contributed by atoms with Crippen molar-refractivity contribution < 1.29 is 27.4 Å². The first-order valence-corrected chi connectivity index (χ1v) is 7.66. The Morgan fingerprint density at radius 3 is 2.23 bits per heavy atom. The zero-order chi connectivity index (χ0) is 19.3. The van der Waals surface area contributed by atoms with Crippen LogP contribution < -0.4 is 19.7 Å². The molecule has 140 valence electrons. The van der Waals surface area contributed by atoms with Crippen LogP contribution in [0.2, 0.25) is 0 Å². The molecule has 0 saturated carbocycles. The van der Waals surface area contributed by atoms with E-state index >= 15 is 0 Å². The molecule has 1 amide bonds. The van der Waals surface area contributed by atoms with E-state index in [1.165, 1.54) is 19.2 Å². The molecule has 0 aromatic heterocycles. The van der Waals surface area contributed by atoms with Gasteiger partial charge < -0.3 is 19.7 Å². The van der Waals surface area contributed by atoms with Crippen LogP contribution in [0.15, 0.2) is 42.5 Å². The van der Waals surface area contributed by atoms with E-state index in [1.54, 1.807) is 43.3 Å². The molecule has 0 aliphatic carbocycles. The van der Waals surface area contributed by atoms with Crippen LogP contribution in [0.3, 0.4) is 0 Å². The molecule has 0 heterocycles. The van der Waals surface area contributed by atoms with Crippen LogP contribution in [0.4, 0.5) is 24.5 Å². The fourth-order valence-electron chi connectivity index (χ4n) is 2.16. The summed E-state index contributed by atoms with van der Waals surface area (Å²) in [6, 6.07) is 10.2. The fraction of sp³-hybridized carbons (Fsp3) is 0.278. The molecule has 0 spiro atoms. The smallest absolute Gasteiger partial charge is 0.418 e. The van der Waals surface area contributed by atoms with Crippen LogP contribution in [-0.4, -0.2) is 33.7 Å². The Kier molecular flexibility index (Phi) is 5.97. The van der Waals surface area contributed by atoms with E-state index in [9.17, 15) is 18.0 Å². The number of alkyl halides is 3. The zero-order valence-electron chi connectivity index (χ0n) is 14.6. The first-order valence-electron chi connectivity index (χ1n) is 7.66. The largest absolute Gasteiger partial charge is 0.497 e. The molecule has 0 fully saturated rings. The maximum atomic E-state index is 13.3. The van der Waals surface area contributed by atoms with Gasteiger partial charge in [-0.25, -0.2) is 0 Å². The summed E-state index contributed by atoms with van der Waals surface area (Å²) >= 11 is 0. The molecule has 0 atom stereocenters. The van der Waals surface area contributed by atoms with E-state index in [1.807, 2.05) is 0 Å². The predicted octanol–water partition coefficient (Wildman–Crippen LogP) is 3.80. The Morgan fingerprint density at radius 2 is 1.69 bits per heavy atom. The number of ether oxygens (including phenoxy) is 2. The Bertz CT molecular complexity index is 759. The molecule has 0 aliphatic heterocycles. The topological polar surface area (TPSA) is 50.8 Å². The van der Waals surface area contributed by atoms with Crippen molar-refractivity contribution in [1.29, 1.82) is 0 Å². The lowest BCUT2D eigenvalue weighted by molar-refractivity contribution is -0.137. The summed E-state index contributed by atoms with van der Waals surface area (Å²) in [7, 11) is 4.79. The van der Waals surface area contributed by atoms with E-state index in [0.717, 1.165) is 6.07 Å². The highest BCUT2D eigenvalue weighted by Gasteiger charge is 2.34. The third-order valence-corrected chi connectivity index (χ3v) is 3.53. The lowest BCUT2D eigenvalue weighted by Crippen LogP contribution is -2.22. The predicted molar refractivity (Wildman–Crippen MR) is 92.9 cm³/mol. The van der Waals surface area contributed by atoms with Crippen LogP contribution in [0.5, 0.6) is 11.5 Å². The van der Waals surface area contributed by atoms with Gasteiger partial charge in [0.1, 0.15) is 11.5 Å². The number of anilines is 2. The molecule has 2 rings (SSSR count). The third-order valence-electron chi connectivity index (χ3n) is 3.53. The van der Waals surface area contributed by atoms with Crippen molar-refractivity contribution in [2.45, 2.75) is 6.18 Å². The Labute approximate surface area is 149 Å². The maximum Gasteiger partial charge on any atom is 0.418 e. The van der Waals surface area contributed by atoms with Gasteiger partial charge in [0, 0.05) is 19.8 Å². The number of halogens is 3. The van der Waals surface area contributed by atoms with Gasteiger partial charge in [0.05, 0.1) is 18.4 Å². The van der Waals surface area contributed by atoms with Gasteiger partial charge in [-0.15, -0.1) is 0 Å². The van der Waals surface area contributed by atoms with Gasteiger partial charge in [-0.05, 0) is 42.5 Å². The van der Waals surface area contributed by atoms with Crippen molar-refractivity contribution in [3.05, 3.63) is 48.0 Å². The van der Waals surface area contributed by atoms with Crippen LogP contribution in [0, 0.1) is 0 Å². The molecule has 1 N–H and O–H groups in total. The fourth-order valence-corrected chi connectivity index (χ4v) is 2.16. The normalized spacial score (nSPS) is 11.0. The molecule has 0 bridgehead atoms. The summed E-state index contributed by atoms with van der Waals surface area (Å²) in [5.74, 6) is 0.335. The first kappa shape index (κ1) is 19.4. The van der Waals surface area contributed by atoms with E-state index in [-0.39, 0.29) is 5.69 Å². The molecule has 2 aromatic carbocycles. The van der Waals surface area contributed by atoms with Crippen molar-refractivity contribution in [3.63, 3.8) is 0 Å². The monoisotopic (exact) mass is 368 g/mol.